The summed E-state index contributed by atoms with van der Waals surface area (Å²) in [5, 5.41) is 3.06. The zero-order chi connectivity index (χ0) is 15.4. The molecule has 0 saturated carbocycles. The van der Waals surface area contributed by atoms with Crippen molar-refractivity contribution < 1.29 is 4.74 Å². The molecule has 1 N–H and O–H groups in total. The van der Waals surface area contributed by atoms with Crippen molar-refractivity contribution in [3.63, 3.8) is 0 Å². The van der Waals surface area contributed by atoms with Gasteiger partial charge in [0.1, 0.15) is 18.2 Å². The molecule has 0 bridgehead atoms. The first-order valence-electron chi connectivity index (χ1n) is 6.90. The number of hydrogen-bond acceptors (Lipinski definition) is 5. The Labute approximate surface area is 126 Å². The summed E-state index contributed by atoms with van der Waals surface area (Å²) in [6.07, 6.45) is 0. The van der Waals surface area contributed by atoms with Crippen molar-refractivity contribution in [2.45, 2.75) is 20.5 Å². The van der Waals surface area contributed by atoms with Gasteiger partial charge in [0.2, 0.25) is 0 Å². The van der Waals surface area contributed by atoms with Crippen molar-refractivity contribution in [3.05, 3.63) is 41.2 Å². The van der Waals surface area contributed by atoms with Crippen LogP contribution in [0.15, 0.2) is 24.3 Å². The van der Waals surface area contributed by atoms with E-state index in [1.807, 2.05) is 20.2 Å². The first-order valence-corrected chi connectivity index (χ1v) is 6.90. The van der Waals surface area contributed by atoms with Crippen molar-refractivity contribution in [2.24, 2.45) is 0 Å². The Balaban J connectivity index is 2.41. The Hall–Kier alpha value is -2.14. The van der Waals surface area contributed by atoms with E-state index >= 15 is 0 Å². The summed E-state index contributed by atoms with van der Waals surface area (Å²) in [5.74, 6) is 2.29. The zero-order valence-electron chi connectivity index (χ0n) is 13.3. The Kier molecular flexibility index (Phi) is 4.75. The molecule has 1 aromatic carbocycles. The number of ether oxygens (including phenoxy) is 1. The molecule has 0 aliphatic heterocycles. The lowest BCUT2D eigenvalue weighted by molar-refractivity contribution is 0.178. The van der Waals surface area contributed by atoms with Gasteiger partial charge in [-0.25, -0.2) is 9.97 Å². The van der Waals surface area contributed by atoms with E-state index in [-0.39, 0.29) is 0 Å². The normalized spacial score (nSPS) is 10.5. The molecule has 2 rings (SSSR count). The molecule has 0 aliphatic carbocycles. The van der Waals surface area contributed by atoms with Gasteiger partial charge in [0.05, 0.1) is 0 Å². The largest absolute Gasteiger partial charge is 0.377 e. The molecular formula is C16H22N4O. The minimum atomic E-state index is 0.392. The van der Waals surface area contributed by atoms with E-state index in [1.165, 1.54) is 11.1 Å². The van der Waals surface area contributed by atoms with Gasteiger partial charge in [0.15, 0.2) is 5.82 Å². The van der Waals surface area contributed by atoms with Crippen LogP contribution in [0.25, 0.3) is 0 Å². The van der Waals surface area contributed by atoms with Crippen LogP contribution in [0, 0.1) is 13.8 Å². The predicted molar refractivity (Wildman–Crippen MR) is 86.3 cm³/mol. The number of nitrogens with zero attached hydrogens (tertiary/aromatic N) is 3. The Morgan fingerprint density at radius 2 is 1.95 bits per heavy atom. The molecule has 112 valence electrons. The van der Waals surface area contributed by atoms with Gasteiger partial charge in [-0.05, 0) is 25.5 Å². The summed E-state index contributed by atoms with van der Waals surface area (Å²) in [6, 6.07) is 8.32. The Morgan fingerprint density at radius 1 is 1.19 bits per heavy atom. The monoisotopic (exact) mass is 286 g/mol. The third kappa shape index (κ3) is 3.49. The lowest BCUT2D eigenvalue weighted by Gasteiger charge is -2.22. The van der Waals surface area contributed by atoms with E-state index in [4.69, 9.17) is 4.74 Å². The summed E-state index contributed by atoms with van der Waals surface area (Å²) in [4.78, 5) is 11.0. The summed E-state index contributed by atoms with van der Waals surface area (Å²) in [5.41, 5.74) is 3.60. The average Bonchev–Trinajstić information content (AvgIpc) is 2.46. The van der Waals surface area contributed by atoms with Crippen LogP contribution in [0.2, 0.25) is 0 Å². The Bertz CT molecular complexity index is 628. The molecule has 0 atom stereocenters. The molecular weight excluding hydrogens is 264 g/mol. The van der Waals surface area contributed by atoms with Crippen molar-refractivity contribution in [1.29, 1.82) is 0 Å². The van der Waals surface area contributed by atoms with Crippen LogP contribution in [0.4, 0.5) is 17.3 Å². The molecule has 2 aromatic rings. The number of benzene rings is 1. The molecule has 1 heterocycles. The summed E-state index contributed by atoms with van der Waals surface area (Å²) in [7, 11) is 5.50. The van der Waals surface area contributed by atoms with Crippen LogP contribution in [-0.4, -0.2) is 31.2 Å². The molecule has 0 saturated heterocycles. The summed E-state index contributed by atoms with van der Waals surface area (Å²) in [6.45, 7) is 4.59. The van der Waals surface area contributed by atoms with Crippen LogP contribution in [-0.2, 0) is 11.3 Å². The van der Waals surface area contributed by atoms with E-state index in [1.54, 1.807) is 7.11 Å². The topological polar surface area (TPSA) is 50.3 Å². The van der Waals surface area contributed by atoms with Gasteiger partial charge in [0, 0.05) is 33.0 Å². The number of nitrogens with one attached hydrogen (secondary N) is 1. The second-order valence-corrected chi connectivity index (χ2v) is 5.06. The van der Waals surface area contributed by atoms with Crippen LogP contribution in [0.1, 0.15) is 17.0 Å². The van der Waals surface area contributed by atoms with E-state index in [0.29, 0.717) is 12.4 Å². The standard InChI is InChI=1S/C16H22N4O/c1-11-6-7-13(12(2)8-11)20(4)16-9-14(17-3)18-15(19-16)10-21-5/h6-9H,10H2,1-5H3,(H,17,18,19). The van der Waals surface area contributed by atoms with Gasteiger partial charge in [-0.2, -0.15) is 0 Å². The number of anilines is 3. The van der Waals surface area contributed by atoms with Crippen LogP contribution >= 0.6 is 0 Å². The van der Waals surface area contributed by atoms with Gasteiger partial charge in [-0.15, -0.1) is 0 Å². The van der Waals surface area contributed by atoms with Gasteiger partial charge >= 0.3 is 0 Å². The molecule has 0 unspecified atom stereocenters. The number of aromatic nitrogens is 2. The number of rotatable bonds is 5. The average molecular weight is 286 g/mol. The van der Waals surface area contributed by atoms with E-state index in [2.05, 4.69) is 52.2 Å². The molecule has 5 heteroatoms. The van der Waals surface area contributed by atoms with Crippen LogP contribution in [0.3, 0.4) is 0 Å². The molecule has 21 heavy (non-hydrogen) atoms. The molecule has 1 aromatic heterocycles. The van der Waals surface area contributed by atoms with E-state index in [0.717, 1.165) is 17.3 Å². The van der Waals surface area contributed by atoms with Gasteiger partial charge in [0.25, 0.3) is 0 Å². The summed E-state index contributed by atoms with van der Waals surface area (Å²) < 4.78 is 5.14. The minimum Gasteiger partial charge on any atom is -0.377 e. The quantitative estimate of drug-likeness (QED) is 0.915. The second kappa shape index (κ2) is 6.54. The van der Waals surface area contributed by atoms with E-state index in [9.17, 15) is 0 Å². The maximum atomic E-state index is 5.14. The highest BCUT2D eigenvalue weighted by Crippen LogP contribution is 2.27. The number of aryl methyl sites for hydroxylation is 2. The highest BCUT2D eigenvalue weighted by Gasteiger charge is 2.11. The van der Waals surface area contributed by atoms with Crippen molar-refractivity contribution >= 4 is 17.3 Å². The third-order valence-corrected chi connectivity index (χ3v) is 3.35. The maximum Gasteiger partial charge on any atom is 0.158 e. The molecule has 0 aliphatic rings. The smallest absolute Gasteiger partial charge is 0.158 e. The van der Waals surface area contributed by atoms with Crippen LogP contribution in [0.5, 0.6) is 0 Å². The zero-order valence-corrected chi connectivity index (χ0v) is 13.3. The summed E-state index contributed by atoms with van der Waals surface area (Å²) >= 11 is 0. The highest BCUT2D eigenvalue weighted by atomic mass is 16.5. The molecule has 0 fully saturated rings. The Morgan fingerprint density at radius 3 is 2.57 bits per heavy atom. The fourth-order valence-electron chi connectivity index (χ4n) is 2.28. The first-order chi connectivity index (χ1) is 10.0. The molecule has 0 amide bonds. The van der Waals surface area contributed by atoms with Gasteiger partial charge in [-0.1, -0.05) is 17.7 Å². The van der Waals surface area contributed by atoms with Crippen molar-refractivity contribution in [2.75, 3.05) is 31.4 Å². The lowest BCUT2D eigenvalue weighted by atomic mass is 10.1. The lowest BCUT2D eigenvalue weighted by Crippen LogP contribution is -2.15. The van der Waals surface area contributed by atoms with Crippen molar-refractivity contribution in [1.82, 2.24) is 9.97 Å². The predicted octanol–water partition coefficient (Wildman–Crippen LogP) is 3.05. The fourth-order valence-corrected chi connectivity index (χ4v) is 2.28. The molecule has 0 radical (unpaired) electrons. The first kappa shape index (κ1) is 15.3. The third-order valence-electron chi connectivity index (χ3n) is 3.35. The van der Waals surface area contributed by atoms with Crippen molar-refractivity contribution in [3.8, 4) is 0 Å². The number of hydrogen-bond donors (Lipinski definition) is 1. The van der Waals surface area contributed by atoms with Gasteiger partial charge in [-0.3, -0.25) is 0 Å². The van der Waals surface area contributed by atoms with E-state index < -0.39 is 0 Å². The van der Waals surface area contributed by atoms with Gasteiger partial charge < -0.3 is 15.0 Å². The van der Waals surface area contributed by atoms with Crippen LogP contribution < -0.4 is 10.2 Å². The second-order valence-electron chi connectivity index (χ2n) is 5.06. The SMILES string of the molecule is CNc1cc(N(C)c2ccc(C)cc2C)nc(COC)n1. The maximum absolute atomic E-state index is 5.14. The minimum absolute atomic E-state index is 0.392. The molecule has 0 spiro atoms. The molecule has 5 nitrogen and oxygen atoms in total. The number of methoxy groups -OCH3 is 1. The highest BCUT2D eigenvalue weighted by molar-refractivity contribution is 5.65. The fraction of sp³-hybridized carbons (Fsp3) is 0.375.